The van der Waals surface area contributed by atoms with Gasteiger partial charge in [-0.15, -0.1) is 11.3 Å². The van der Waals surface area contributed by atoms with Gasteiger partial charge in [-0.05, 0) is 56.5 Å². The second-order valence-corrected chi connectivity index (χ2v) is 7.14. The highest BCUT2D eigenvalue weighted by Crippen LogP contribution is 2.21. The molecule has 0 saturated carbocycles. The lowest BCUT2D eigenvalue weighted by Gasteiger charge is -2.11. The summed E-state index contributed by atoms with van der Waals surface area (Å²) < 4.78 is 20.3. The van der Waals surface area contributed by atoms with Crippen molar-refractivity contribution in [1.29, 1.82) is 0 Å². The first-order valence-electron chi connectivity index (χ1n) is 8.25. The molecular weight excluding hydrogens is 353 g/mol. The summed E-state index contributed by atoms with van der Waals surface area (Å²) in [5.41, 5.74) is 1.74. The zero-order chi connectivity index (χ0) is 18.7. The van der Waals surface area contributed by atoms with Crippen LogP contribution in [-0.2, 0) is 6.61 Å². The summed E-state index contributed by atoms with van der Waals surface area (Å²) in [4.78, 5) is 13.1. The quantitative estimate of drug-likeness (QED) is 0.675. The van der Waals surface area contributed by atoms with Gasteiger partial charge >= 0.3 is 0 Å². The number of halogens is 1. The summed E-state index contributed by atoms with van der Waals surface area (Å²) >= 11 is 1.35. The predicted molar refractivity (Wildman–Crippen MR) is 100 cm³/mol. The van der Waals surface area contributed by atoms with Crippen LogP contribution in [-0.4, -0.2) is 15.7 Å². The van der Waals surface area contributed by atoms with E-state index in [1.807, 2.05) is 32.2 Å². The summed E-state index contributed by atoms with van der Waals surface area (Å²) in [5.74, 6) is 0.785. The van der Waals surface area contributed by atoms with Crippen molar-refractivity contribution < 1.29 is 13.9 Å². The highest BCUT2D eigenvalue weighted by atomic mass is 32.1. The van der Waals surface area contributed by atoms with Gasteiger partial charge in [-0.3, -0.25) is 4.79 Å². The lowest BCUT2D eigenvalue weighted by molar-refractivity contribution is 0.102. The van der Waals surface area contributed by atoms with Crippen LogP contribution in [0.2, 0.25) is 0 Å². The molecule has 136 valence electrons. The number of amides is 1. The lowest BCUT2D eigenvalue weighted by atomic mass is 10.3. The first-order chi connectivity index (χ1) is 12.4. The van der Waals surface area contributed by atoms with Crippen molar-refractivity contribution in [2.75, 3.05) is 5.32 Å². The Morgan fingerprint density at radius 1 is 1.31 bits per heavy atom. The van der Waals surface area contributed by atoms with Crippen LogP contribution in [0.5, 0.6) is 5.75 Å². The largest absolute Gasteiger partial charge is 0.489 e. The number of aromatic nitrogens is 2. The van der Waals surface area contributed by atoms with Crippen LogP contribution in [0.25, 0.3) is 0 Å². The van der Waals surface area contributed by atoms with E-state index >= 15 is 0 Å². The summed E-state index contributed by atoms with van der Waals surface area (Å²) in [7, 11) is 0. The van der Waals surface area contributed by atoms with Crippen LogP contribution in [0.4, 0.5) is 10.2 Å². The van der Waals surface area contributed by atoms with E-state index in [2.05, 4.69) is 10.4 Å². The van der Waals surface area contributed by atoms with Crippen molar-refractivity contribution in [3.05, 3.63) is 63.7 Å². The van der Waals surface area contributed by atoms with E-state index in [1.165, 1.54) is 23.5 Å². The molecule has 1 amide bonds. The number of thiophene rings is 1. The second-order valence-electron chi connectivity index (χ2n) is 6.23. The molecule has 2 aromatic heterocycles. The Kier molecular flexibility index (Phi) is 5.37. The number of benzene rings is 1. The minimum atomic E-state index is -0.303. The van der Waals surface area contributed by atoms with Gasteiger partial charge in [0.2, 0.25) is 0 Å². The molecule has 26 heavy (non-hydrogen) atoms. The molecule has 0 saturated heterocycles. The maximum Gasteiger partial charge on any atom is 0.266 e. The van der Waals surface area contributed by atoms with E-state index in [-0.39, 0.29) is 17.8 Å². The molecule has 0 aliphatic carbocycles. The minimum Gasteiger partial charge on any atom is -0.489 e. The summed E-state index contributed by atoms with van der Waals surface area (Å²) in [6.07, 6.45) is 0. The van der Waals surface area contributed by atoms with Gasteiger partial charge in [0.05, 0.1) is 10.6 Å². The van der Waals surface area contributed by atoms with Crippen molar-refractivity contribution in [1.82, 2.24) is 9.78 Å². The third-order valence-electron chi connectivity index (χ3n) is 3.69. The number of rotatable bonds is 6. The van der Waals surface area contributed by atoms with Gasteiger partial charge < -0.3 is 10.1 Å². The molecule has 2 heterocycles. The number of ether oxygens (including phenoxy) is 1. The third-order valence-corrected chi connectivity index (χ3v) is 4.66. The normalized spacial score (nSPS) is 11.0. The summed E-state index contributed by atoms with van der Waals surface area (Å²) in [6, 6.07) is 9.65. The number of hydrogen-bond donors (Lipinski definition) is 1. The molecule has 0 atom stereocenters. The van der Waals surface area contributed by atoms with Gasteiger partial charge in [-0.25, -0.2) is 9.07 Å². The van der Waals surface area contributed by atoms with Gasteiger partial charge in [0.25, 0.3) is 5.91 Å². The fourth-order valence-corrected chi connectivity index (χ4v) is 3.24. The Morgan fingerprint density at radius 2 is 2.04 bits per heavy atom. The maximum atomic E-state index is 12.9. The van der Waals surface area contributed by atoms with E-state index in [9.17, 15) is 9.18 Å². The predicted octanol–water partition coefficient (Wildman–Crippen LogP) is 4.80. The molecule has 0 aliphatic rings. The Hall–Kier alpha value is -2.67. The SMILES string of the molecule is Cc1cc(NC(=O)c2cc(COc3ccc(F)cc3)cs2)n(C(C)C)n1. The van der Waals surface area contributed by atoms with E-state index in [0.717, 1.165) is 11.3 Å². The number of hydrogen-bond acceptors (Lipinski definition) is 4. The lowest BCUT2D eigenvalue weighted by Crippen LogP contribution is -2.15. The third kappa shape index (κ3) is 4.29. The Bertz CT molecular complexity index is 900. The average Bonchev–Trinajstić information content (AvgIpc) is 3.21. The second kappa shape index (κ2) is 7.70. The van der Waals surface area contributed by atoms with Gasteiger partial charge in [0.1, 0.15) is 24.0 Å². The summed E-state index contributed by atoms with van der Waals surface area (Å²) in [6.45, 7) is 6.24. The molecule has 3 aromatic rings. The molecule has 0 unspecified atom stereocenters. The topological polar surface area (TPSA) is 56.1 Å². The van der Waals surface area contributed by atoms with Gasteiger partial charge in [0, 0.05) is 17.7 Å². The van der Waals surface area contributed by atoms with E-state index < -0.39 is 0 Å². The van der Waals surface area contributed by atoms with Crippen LogP contribution >= 0.6 is 11.3 Å². The molecule has 3 rings (SSSR count). The standard InChI is InChI=1S/C19H20FN3O2S/c1-12(2)23-18(8-13(3)22-23)21-19(24)17-9-14(11-26-17)10-25-16-6-4-15(20)5-7-16/h4-9,11-12H,10H2,1-3H3,(H,21,24). The molecule has 0 radical (unpaired) electrons. The highest BCUT2D eigenvalue weighted by Gasteiger charge is 2.14. The van der Waals surface area contributed by atoms with Crippen LogP contribution in [0.15, 0.2) is 41.8 Å². The Morgan fingerprint density at radius 3 is 2.73 bits per heavy atom. The zero-order valence-corrected chi connectivity index (χ0v) is 15.6. The first-order valence-corrected chi connectivity index (χ1v) is 9.13. The molecular formula is C19H20FN3O2S. The van der Waals surface area contributed by atoms with Crippen molar-refractivity contribution in [3.63, 3.8) is 0 Å². The van der Waals surface area contributed by atoms with E-state index in [0.29, 0.717) is 23.1 Å². The van der Waals surface area contributed by atoms with E-state index in [1.54, 1.807) is 22.9 Å². The maximum absolute atomic E-state index is 12.9. The van der Waals surface area contributed by atoms with Crippen LogP contribution in [0.3, 0.4) is 0 Å². The molecule has 7 heteroatoms. The fourth-order valence-electron chi connectivity index (χ4n) is 2.45. The highest BCUT2D eigenvalue weighted by molar-refractivity contribution is 7.12. The molecule has 0 bridgehead atoms. The number of aryl methyl sites for hydroxylation is 1. The first kappa shape index (κ1) is 18.1. The molecule has 5 nitrogen and oxygen atoms in total. The van der Waals surface area contributed by atoms with Crippen LogP contribution in [0, 0.1) is 12.7 Å². The fraction of sp³-hybridized carbons (Fsp3) is 0.263. The molecule has 0 spiro atoms. The average molecular weight is 373 g/mol. The molecule has 0 aliphatic heterocycles. The van der Waals surface area contributed by atoms with Crippen molar-refractivity contribution in [2.24, 2.45) is 0 Å². The van der Waals surface area contributed by atoms with Crippen molar-refractivity contribution in [2.45, 2.75) is 33.4 Å². The monoisotopic (exact) mass is 373 g/mol. The van der Waals surface area contributed by atoms with Gasteiger partial charge in [-0.2, -0.15) is 5.10 Å². The number of carbonyl (C=O) groups is 1. The van der Waals surface area contributed by atoms with Crippen LogP contribution < -0.4 is 10.1 Å². The summed E-state index contributed by atoms with van der Waals surface area (Å²) in [5, 5.41) is 9.18. The number of nitrogens with zero attached hydrogens (tertiary/aromatic N) is 2. The van der Waals surface area contributed by atoms with E-state index in [4.69, 9.17) is 4.74 Å². The number of carbonyl (C=O) groups excluding carboxylic acids is 1. The van der Waals surface area contributed by atoms with Gasteiger partial charge in [-0.1, -0.05) is 0 Å². The zero-order valence-electron chi connectivity index (χ0n) is 14.8. The Balaban J connectivity index is 1.63. The van der Waals surface area contributed by atoms with Crippen molar-refractivity contribution in [3.8, 4) is 5.75 Å². The molecule has 0 fully saturated rings. The smallest absolute Gasteiger partial charge is 0.266 e. The van der Waals surface area contributed by atoms with Gasteiger partial charge in [0.15, 0.2) is 0 Å². The van der Waals surface area contributed by atoms with Crippen LogP contribution in [0.1, 0.15) is 40.8 Å². The molecule has 1 N–H and O–H groups in total. The number of anilines is 1. The van der Waals surface area contributed by atoms with Crippen molar-refractivity contribution >= 4 is 23.1 Å². The number of nitrogens with one attached hydrogen (secondary N) is 1. The Labute approximate surface area is 155 Å². The molecule has 1 aromatic carbocycles. The minimum absolute atomic E-state index is 0.155.